The quantitative estimate of drug-likeness (QED) is 0.638. The third kappa shape index (κ3) is 3.30. The van der Waals surface area contributed by atoms with E-state index >= 15 is 0 Å². The number of anilines is 1. The molecule has 0 bridgehead atoms. The summed E-state index contributed by atoms with van der Waals surface area (Å²) >= 11 is 0. The molecule has 0 aliphatic heterocycles. The zero-order chi connectivity index (χ0) is 15.4. The number of nitro benzene ring substituents is 1. The lowest BCUT2D eigenvalue weighted by Crippen LogP contribution is -2.07. The van der Waals surface area contributed by atoms with E-state index in [-0.39, 0.29) is 11.4 Å². The summed E-state index contributed by atoms with van der Waals surface area (Å²) in [6, 6.07) is 4.83. The van der Waals surface area contributed by atoms with Crippen molar-refractivity contribution in [2.24, 2.45) is 0 Å². The van der Waals surface area contributed by atoms with Crippen LogP contribution in [0.25, 0.3) is 0 Å². The van der Waals surface area contributed by atoms with Gasteiger partial charge in [0.25, 0.3) is 5.69 Å². The summed E-state index contributed by atoms with van der Waals surface area (Å²) in [5.41, 5.74) is 1.24. The first-order valence-electron chi connectivity index (χ1n) is 6.01. The van der Waals surface area contributed by atoms with Crippen LogP contribution in [0.1, 0.15) is 21.6 Å². The molecule has 8 nitrogen and oxygen atoms in total. The highest BCUT2D eigenvalue weighted by atomic mass is 16.6. The molecule has 0 aliphatic carbocycles. The number of carbonyl (C=O) groups is 1. The van der Waals surface area contributed by atoms with E-state index in [1.807, 2.05) is 0 Å². The maximum atomic E-state index is 10.9. The molecule has 0 fully saturated rings. The molecule has 2 aromatic rings. The second-order valence-electron chi connectivity index (χ2n) is 4.26. The first kappa shape index (κ1) is 14.4. The lowest BCUT2D eigenvalue weighted by atomic mass is 10.1. The molecule has 1 heterocycles. The van der Waals surface area contributed by atoms with Gasteiger partial charge < -0.3 is 10.4 Å². The molecular formula is C13H12N4O4. The number of hydrogen-bond acceptors (Lipinski definition) is 6. The van der Waals surface area contributed by atoms with Gasteiger partial charge in [-0.25, -0.2) is 14.8 Å². The zero-order valence-corrected chi connectivity index (χ0v) is 11.1. The Balaban J connectivity index is 2.11. The molecule has 2 rings (SSSR count). The minimum atomic E-state index is -1.15. The largest absolute Gasteiger partial charge is 0.476 e. The van der Waals surface area contributed by atoms with Crippen LogP contribution >= 0.6 is 0 Å². The Morgan fingerprint density at radius 2 is 2.14 bits per heavy atom. The topological polar surface area (TPSA) is 118 Å². The van der Waals surface area contributed by atoms with Gasteiger partial charge in [-0.05, 0) is 12.5 Å². The molecule has 1 aromatic carbocycles. The zero-order valence-electron chi connectivity index (χ0n) is 11.1. The van der Waals surface area contributed by atoms with Crippen LogP contribution in [0.5, 0.6) is 0 Å². The Labute approximate surface area is 119 Å². The highest BCUT2D eigenvalue weighted by molar-refractivity contribution is 5.84. The fourth-order valence-corrected chi connectivity index (χ4v) is 1.77. The lowest BCUT2D eigenvalue weighted by molar-refractivity contribution is -0.385. The van der Waals surface area contributed by atoms with Crippen molar-refractivity contribution < 1.29 is 14.8 Å². The number of aromatic carboxylic acids is 1. The SMILES string of the molecule is Cc1c(CNc2cnc(C(=O)O)cn2)cccc1[N+](=O)[O-]. The molecule has 21 heavy (non-hydrogen) atoms. The van der Waals surface area contributed by atoms with Crippen LogP contribution in [0.4, 0.5) is 11.5 Å². The summed E-state index contributed by atoms with van der Waals surface area (Å²) in [4.78, 5) is 28.7. The number of nitrogens with one attached hydrogen (secondary N) is 1. The first-order valence-corrected chi connectivity index (χ1v) is 6.01. The summed E-state index contributed by atoms with van der Waals surface area (Å²) < 4.78 is 0. The van der Waals surface area contributed by atoms with Gasteiger partial charge in [0.1, 0.15) is 5.82 Å². The van der Waals surface area contributed by atoms with E-state index in [4.69, 9.17) is 5.11 Å². The smallest absolute Gasteiger partial charge is 0.356 e. The second-order valence-corrected chi connectivity index (χ2v) is 4.26. The number of carboxylic acids is 1. The van der Waals surface area contributed by atoms with Gasteiger partial charge >= 0.3 is 5.97 Å². The van der Waals surface area contributed by atoms with Gasteiger partial charge in [-0.15, -0.1) is 0 Å². The monoisotopic (exact) mass is 288 g/mol. The normalized spacial score (nSPS) is 10.1. The van der Waals surface area contributed by atoms with Crippen molar-refractivity contribution in [3.8, 4) is 0 Å². The van der Waals surface area contributed by atoms with Crippen molar-refractivity contribution in [2.75, 3.05) is 5.32 Å². The average Bonchev–Trinajstić information content (AvgIpc) is 2.46. The van der Waals surface area contributed by atoms with E-state index in [2.05, 4.69) is 15.3 Å². The molecule has 0 saturated heterocycles. The van der Waals surface area contributed by atoms with Gasteiger partial charge in [0.15, 0.2) is 5.69 Å². The highest BCUT2D eigenvalue weighted by Crippen LogP contribution is 2.21. The molecule has 0 atom stereocenters. The number of benzene rings is 1. The second kappa shape index (κ2) is 5.95. The molecule has 8 heteroatoms. The predicted molar refractivity (Wildman–Crippen MR) is 74.2 cm³/mol. The van der Waals surface area contributed by atoms with Crippen LogP contribution in [0.15, 0.2) is 30.6 Å². The van der Waals surface area contributed by atoms with Crippen molar-refractivity contribution in [3.63, 3.8) is 0 Å². The van der Waals surface area contributed by atoms with Crippen LogP contribution in [0, 0.1) is 17.0 Å². The van der Waals surface area contributed by atoms with Gasteiger partial charge in [-0.1, -0.05) is 12.1 Å². The number of rotatable bonds is 5. The van der Waals surface area contributed by atoms with Crippen LogP contribution in [-0.2, 0) is 6.54 Å². The molecule has 0 unspecified atom stereocenters. The number of aromatic nitrogens is 2. The van der Waals surface area contributed by atoms with E-state index in [0.717, 1.165) is 11.8 Å². The van der Waals surface area contributed by atoms with Crippen LogP contribution in [0.3, 0.4) is 0 Å². The molecule has 0 aliphatic rings. The number of hydrogen-bond donors (Lipinski definition) is 2. The molecule has 0 spiro atoms. The Kier molecular flexibility index (Phi) is 4.07. The summed E-state index contributed by atoms with van der Waals surface area (Å²) in [5, 5.41) is 22.5. The predicted octanol–water partition coefficient (Wildman–Crippen LogP) is 2.00. The van der Waals surface area contributed by atoms with Crippen molar-refractivity contribution >= 4 is 17.5 Å². The third-order valence-corrected chi connectivity index (χ3v) is 2.94. The van der Waals surface area contributed by atoms with Gasteiger partial charge in [-0.3, -0.25) is 10.1 Å². The number of nitrogens with zero attached hydrogens (tertiary/aromatic N) is 3. The number of nitro groups is 1. The molecule has 2 N–H and O–H groups in total. The highest BCUT2D eigenvalue weighted by Gasteiger charge is 2.13. The Morgan fingerprint density at radius 1 is 1.38 bits per heavy atom. The fourth-order valence-electron chi connectivity index (χ4n) is 1.77. The number of carboxylic acid groups (broad SMARTS) is 1. The molecule has 1 aromatic heterocycles. The van der Waals surface area contributed by atoms with E-state index in [0.29, 0.717) is 17.9 Å². The Morgan fingerprint density at radius 3 is 2.71 bits per heavy atom. The maximum absolute atomic E-state index is 10.9. The van der Waals surface area contributed by atoms with Crippen molar-refractivity contribution in [1.29, 1.82) is 0 Å². The molecule has 0 saturated carbocycles. The van der Waals surface area contributed by atoms with E-state index < -0.39 is 10.9 Å². The van der Waals surface area contributed by atoms with Gasteiger partial charge in [0, 0.05) is 18.2 Å². The summed E-state index contributed by atoms with van der Waals surface area (Å²) in [5.74, 6) is -0.755. The third-order valence-electron chi connectivity index (χ3n) is 2.94. The average molecular weight is 288 g/mol. The van der Waals surface area contributed by atoms with Crippen LogP contribution in [-0.4, -0.2) is 26.0 Å². The lowest BCUT2D eigenvalue weighted by Gasteiger charge is -2.08. The minimum absolute atomic E-state index is 0.0570. The van der Waals surface area contributed by atoms with Crippen LogP contribution < -0.4 is 5.32 Å². The van der Waals surface area contributed by atoms with Gasteiger partial charge in [0.05, 0.1) is 17.3 Å². The fraction of sp³-hybridized carbons (Fsp3) is 0.154. The summed E-state index contributed by atoms with van der Waals surface area (Å²) in [7, 11) is 0. The van der Waals surface area contributed by atoms with Crippen molar-refractivity contribution in [3.05, 3.63) is 57.5 Å². The molecule has 108 valence electrons. The Hall–Kier alpha value is -3.03. The minimum Gasteiger partial charge on any atom is -0.476 e. The van der Waals surface area contributed by atoms with Crippen molar-refractivity contribution in [1.82, 2.24) is 9.97 Å². The first-order chi connectivity index (χ1) is 9.99. The maximum Gasteiger partial charge on any atom is 0.356 e. The van der Waals surface area contributed by atoms with Crippen LogP contribution in [0.2, 0.25) is 0 Å². The van der Waals surface area contributed by atoms with E-state index in [1.54, 1.807) is 19.1 Å². The molecular weight excluding hydrogens is 276 g/mol. The van der Waals surface area contributed by atoms with Gasteiger partial charge in [-0.2, -0.15) is 0 Å². The van der Waals surface area contributed by atoms with Gasteiger partial charge in [0.2, 0.25) is 0 Å². The molecule has 0 radical (unpaired) electrons. The van der Waals surface area contributed by atoms with E-state index in [9.17, 15) is 14.9 Å². The molecule has 0 amide bonds. The van der Waals surface area contributed by atoms with E-state index in [1.165, 1.54) is 12.3 Å². The standard InChI is InChI=1S/C13H12N4O4/c1-8-9(3-2-4-11(8)17(20)21)5-15-12-7-14-10(6-16-12)13(18)19/h2-4,6-7H,5H2,1H3,(H,15,16)(H,18,19). The summed E-state index contributed by atoms with van der Waals surface area (Å²) in [6.45, 7) is 2.00. The van der Waals surface area contributed by atoms with Crippen molar-refractivity contribution in [2.45, 2.75) is 13.5 Å². The Bertz CT molecular complexity index is 685. The summed E-state index contributed by atoms with van der Waals surface area (Å²) in [6.07, 6.45) is 2.45.